The average molecular weight is 302 g/mol. The Hall–Kier alpha value is -0.390. The van der Waals surface area contributed by atoms with Gasteiger partial charge in [-0.3, -0.25) is 4.55 Å². The van der Waals surface area contributed by atoms with Crippen LogP contribution in [0.25, 0.3) is 10.8 Å². The summed E-state index contributed by atoms with van der Waals surface area (Å²) in [5.41, 5.74) is 2.46. The minimum absolute atomic E-state index is 0. The average Bonchev–Trinajstić information content (AvgIpc) is 2.28. The Labute approximate surface area is 143 Å². The van der Waals surface area contributed by atoms with Crippen LogP contribution in [0, 0.1) is 19.9 Å². The number of fused-ring (bicyclic) bond motifs is 1. The van der Waals surface area contributed by atoms with Gasteiger partial charge in [-0.1, -0.05) is 39.0 Å². The molecule has 0 radical (unpaired) electrons. The molecule has 5 heteroatoms. The van der Waals surface area contributed by atoms with E-state index in [0.717, 1.165) is 0 Å². The minimum atomic E-state index is -3.67. The monoisotopic (exact) mass is 302 g/mol. The largest absolute Gasteiger partial charge is 1.00 e. The van der Waals surface area contributed by atoms with Crippen LogP contribution >= 0.6 is 0 Å². The van der Waals surface area contributed by atoms with Gasteiger partial charge in [-0.15, -0.1) is 16.8 Å². The Morgan fingerprint density at radius 3 is 2.30 bits per heavy atom. The summed E-state index contributed by atoms with van der Waals surface area (Å²) in [7, 11) is -3.67. The molecule has 0 aliphatic heterocycles. The number of hydrogen-bond acceptors (Lipinski definition) is 2. The number of hydrogen-bond donors (Lipinski definition) is 1. The van der Waals surface area contributed by atoms with E-state index in [1.54, 1.807) is 6.92 Å². The molecule has 0 unspecified atom stereocenters. The summed E-state index contributed by atoms with van der Waals surface area (Å²) >= 11 is 0. The molecule has 2 aromatic rings. The van der Waals surface area contributed by atoms with E-state index in [1.807, 2.05) is 0 Å². The van der Waals surface area contributed by atoms with Gasteiger partial charge in [0.05, 0.1) is 5.75 Å². The first-order chi connectivity index (χ1) is 8.83. The molecule has 0 heterocycles. The Morgan fingerprint density at radius 2 is 1.80 bits per heavy atom. The van der Waals surface area contributed by atoms with Crippen molar-refractivity contribution in [2.24, 2.45) is 0 Å². The number of rotatable bonds is 2. The first-order valence-corrected chi connectivity index (χ1v) is 7.78. The van der Waals surface area contributed by atoms with Gasteiger partial charge >= 0.3 is 29.6 Å². The fourth-order valence-corrected chi connectivity index (χ4v) is 2.37. The summed E-state index contributed by atoms with van der Waals surface area (Å²) in [5.74, 6) is -0.132. The van der Waals surface area contributed by atoms with Gasteiger partial charge in [0, 0.05) is 0 Å². The van der Waals surface area contributed by atoms with Crippen molar-refractivity contribution in [3.63, 3.8) is 0 Å². The second-order valence-electron chi connectivity index (χ2n) is 4.45. The van der Waals surface area contributed by atoms with E-state index >= 15 is 0 Å². The maximum atomic E-state index is 9.79. The fourth-order valence-electron chi connectivity index (χ4n) is 1.85. The molecule has 1 N–H and O–H groups in total. The Bertz CT molecular complexity index is 651. The van der Waals surface area contributed by atoms with Crippen molar-refractivity contribution >= 4 is 20.9 Å². The van der Waals surface area contributed by atoms with Crippen LogP contribution in [0.2, 0.25) is 0 Å². The Balaban J connectivity index is 0.000000396. The van der Waals surface area contributed by atoms with E-state index in [0.29, 0.717) is 6.42 Å². The third-order valence-electron chi connectivity index (χ3n) is 2.58. The number of aryl methyl sites for hydroxylation is 2. The molecule has 2 rings (SSSR count). The molecule has 0 aliphatic rings. The van der Waals surface area contributed by atoms with Crippen molar-refractivity contribution in [2.45, 2.75) is 27.2 Å². The molecule has 0 saturated carbocycles. The third kappa shape index (κ3) is 6.86. The van der Waals surface area contributed by atoms with Crippen molar-refractivity contribution in [1.29, 1.82) is 0 Å². The standard InChI is InChI=1S/C12H11.C3H8O3S.Na/c1-9-7-10(2)12-6-4-3-5-11(12)8-9;1-2-3-7(4,5)6;/h3-6,8H,1-2H3;2-3H2,1H3,(H,4,5,6);/q-1;;+1. The second kappa shape index (κ2) is 8.80. The van der Waals surface area contributed by atoms with E-state index in [1.165, 1.54) is 21.9 Å². The first-order valence-electron chi connectivity index (χ1n) is 6.17. The van der Waals surface area contributed by atoms with Gasteiger partial charge in [0.15, 0.2) is 0 Å². The first kappa shape index (κ1) is 19.6. The minimum Gasteiger partial charge on any atom is -0.286 e. The molecule has 0 atom stereocenters. The second-order valence-corrected chi connectivity index (χ2v) is 6.02. The van der Waals surface area contributed by atoms with Crippen molar-refractivity contribution in [2.75, 3.05) is 5.75 Å². The van der Waals surface area contributed by atoms with Crippen molar-refractivity contribution < 1.29 is 42.5 Å². The molecular weight excluding hydrogens is 283 g/mol. The summed E-state index contributed by atoms with van der Waals surface area (Å²) in [6.07, 6.45) is 0.471. The molecule has 104 valence electrons. The molecule has 0 saturated heterocycles. The van der Waals surface area contributed by atoms with Crippen molar-refractivity contribution in [3.05, 3.63) is 47.5 Å². The van der Waals surface area contributed by atoms with Gasteiger partial charge in [0.25, 0.3) is 10.1 Å². The van der Waals surface area contributed by atoms with Crippen LogP contribution in [0.4, 0.5) is 0 Å². The maximum Gasteiger partial charge on any atom is 1.00 e. The SMILES string of the molecule is CCCS(=O)(=O)O.Cc1[c-]c(C)c2ccccc2c1.[Na+]. The van der Waals surface area contributed by atoms with E-state index in [4.69, 9.17) is 4.55 Å². The summed E-state index contributed by atoms with van der Waals surface area (Å²) in [6.45, 7) is 5.88. The van der Waals surface area contributed by atoms with E-state index in [-0.39, 0.29) is 35.3 Å². The summed E-state index contributed by atoms with van der Waals surface area (Å²) in [6, 6.07) is 13.9. The Morgan fingerprint density at radius 1 is 1.20 bits per heavy atom. The summed E-state index contributed by atoms with van der Waals surface area (Å²) in [5, 5.41) is 2.62. The Kier molecular flexibility index (Phi) is 8.63. The van der Waals surface area contributed by atoms with E-state index < -0.39 is 10.1 Å². The van der Waals surface area contributed by atoms with Crippen LogP contribution in [0.3, 0.4) is 0 Å². The normalized spacial score (nSPS) is 10.4. The summed E-state index contributed by atoms with van der Waals surface area (Å²) < 4.78 is 27.6. The molecule has 0 aliphatic carbocycles. The molecule has 0 bridgehead atoms. The van der Waals surface area contributed by atoms with E-state index in [9.17, 15) is 8.42 Å². The van der Waals surface area contributed by atoms with Crippen molar-refractivity contribution in [1.82, 2.24) is 0 Å². The quantitative estimate of drug-likeness (QED) is 0.501. The van der Waals surface area contributed by atoms with Gasteiger partial charge in [-0.05, 0) is 6.42 Å². The molecule has 0 amide bonds. The van der Waals surface area contributed by atoms with Gasteiger partial charge in [-0.2, -0.15) is 31.7 Å². The van der Waals surface area contributed by atoms with Gasteiger partial charge in [0.1, 0.15) is 0 Å². The molecule has 2 aromatic carbocycles. The fraction of sp³-hybridized carbons (Fsp3) is 0.333. The van der Waals surface area contributed by atoms with E-state index in [2.05, 4.69) is 50.2 Å². The zero-order chi connectivity index (χ0) is 14.5. The predicted octanol–water partition coefficient (Wildman–Crippen LogP) is 0.545. The maximum absolute atomic E-state index is 9.79. The zero-order valence-corrected chi connectivity index (χ0v) is 15.3. The van der Waals surface area contributed by atoms with Crippen LogP contribution < -0.4 is 29.6 Å². The summed E-state index contributed by atoms with van der Waals surface area (Å²) in [4.78, 5) is 0. The molecule has 0 aromatic heterocycles. The van der Waals surface area contributed by atoms with Gasteiger partial charge < -0.3 is 0 Å². The topological polar surface area (TPSA) is 54.4 Å². The van der Waals surface area contributed by atoms with Crippen LogP contribution in [0.1, 0.15) is 24.5 Å². The van der Waals surface area contributed by atoms with Crippen LogP contribution in [0.5, 0.6) is 0 Å². The molecule has 3 nitrogen and oxygen atoms in total. The number of benzene rings is 2. The van der Waals surface area contributed by atoms with Gasteiger partial charge in [0.2, 0.25) is 0 Å². The zero-order valence-electron chi connectivity index (χ0n) is 12.5. The molecule has 0 fully saturated rings. The van der Waals surface area contributed by atoms with Crippen molar-refractivity contribution in [3.8, 4) is 0 Å². The molecule has 0 spiro atoms. The van der Waals surface area contributed by atoms with Crippen LogP contribution in [-0.2, 0) is 10.1 Å². The smallest absolute Gasteiger partial charge is 0.286 e. The third-order valence-corrected chi connectivity index (χ3v) is 3.51. The molecule has 20 heavy (non-hydrogen) atoms. The van der Waals surface area contributed by atoms with Gasteiger partial charge in [-0.25, -0.2) is 0 Å². The van der Waals surface area contributed by atoms with Crippen LogP contribution in [-0.4, -0.2) is 18.7 Å². The predicted molar refractivity (Wildman–Crippen MR) is 79.0 cm³/mol. The molecular formula is C15H19NaO3S. The van der Waals surface area contributed by atoms with Crippen LogP contribution in [0.15, 0.2) is 30.3 Å².